The van der Waals surface area contributed by atoms with Crippen LogP contribution in [0.25, 0.3) is 10.9 Å². The van der Waals surface area contributed by atoms with E-state index in [2.05, 4.69) is 0 Å². The molecule has 1 heterocycles. The van der Waals surface area contributed by atoms with Gasteiger partial charge in [0.25, 0.3) is 0 Å². The molecule has 0 aliphatic carbocycles. The van der Waals surface area contributed by atoms with Crippen LogP contribution in [-0.2, 0) is 0 Å². The van der Waals surface area contributed by atoms with Crippen LogP contribution in [0, 0.1) is 0 Å². The van der Waals surface area contributed by atoms with Gasteiger partial charge in [-0.15, -0.1) is 0 Å². The summed E-state index contributed by atoms with van der Waals surface area (Å²) in [5, 5.41) is 1.09. The number of hydrogen-bond acceptors (Lipinski definition) is 2. The lowest BCUT2D eigenvalue weighted by Gasteiger charge is -2.07. The van der Waals surface area contributed by atoms with Gasteiger partial charge in [0, 0.05) is 11.6 Å². The van der Waals surface area contributed by atoms with Crippen LogP contribution in [0.4, 0.5) is 0 Å². The van der Waals surface area contributed by atoms with E-state index < -0.39 is 0 Å². The van der Waals surface area contributed by atoms with Crippen molar-refractivity contribution < 1.29 is 9.57 Å². The van der Waals surface area contributed by atoms with Crippen LogP contribution in [0.15, 0.2) is 30.5 Å². The van der Waals surface area contributed by atoms with Gasteiger partial charge >= 0.3 is 0 Å². The fourth-order valence-electron chi connectivity index (χ4n) is 1.65. The van der Waals surface area contributed by atoms with E-state index in [0.717, 1.165) is 16.7 Å². The summed E-state index contributed by atoms with van der Waals surface area (Å²) >= 11 is 0. The van der Waals surface area contributed by atoms with Crippen molar-refractivity contribution in [1.82, 2.24) is 4.73 Å². The average Bonchev–Trinajstić information content (AvgIpc) is 2.64. The second kappa shape index (κ2) is 4.26. The molecule has 0 aliphatic heterocycles. The molecule has 1 aromatic carbocycles. The van der Waals surface area contributed by atoms with Crippen LogP contribution >= 0.6 is 0 Å². The molecule has 3 nitrogen and oxygen atoms in total. The number of hydrogen-bond donors (Lipinski definition) is 0. The molecule has 0 N–H and O–H groups in total. The molecule has 0 radical (unpaired) electrons. The predicted octanol–water partition coefficient (Wildman–Crippen LogP) is 2.49. The van der Waals surface area contributed by atoms with E-state index in [0.29, 0.717) is 13.2 Å². The van der Waals surface area contributed by atoms with E-state index in [1.54, 1.807) is 4.73 Å². The zero-order valence-corrected chi connectivity index (χ0v) is 9.06. The maximum atomic E-state index is 5.54. The molecule has 0 amide bonds. The van der Waals surface area contributed by atoms with Crippen molar-refractivity contribution in [3.63, 3.8) is 0 Å². The molecule has 0 aliphatic rings. The van der Waals surface area contributed by atoms with Crippen molar-refractivity contribution in [1.29, 1.82) is 0 Å². The van der Waals surface area contributed by atoms with E-state index in [1.807, 2.05) is 44.3 Å². The van der Waals surface area contributed by atoms with E-state index in [4.69, 9.17) is 9.57 Å². The van der Waals surface area contributed by atoms with Crippen molar-refractivity contribution >= 4 is 10.9 Å². The molecule has 0 fully saturated rings. The number of ether oxygens (including phenoxy) is 1. The number of benzene rings is 1. The Kier molecular flexibility index (Phi) is 2.81. The minimum absolute atomic E-state index is 0.655. The Morgan fingerprint density at radius 2 is 2.00 bits per heavy atom. The molecule has 15 heavy (non-hydrogen) atoms. The fourth-order valence-corrected chi connectivity index (χ4v) is 1.65. The summed E-state index contributed by atoms with van der Waals surface area (Å²) in [5.74, 6) is 0.911. The molecule has 3 heteroatoms. The predicted molar refractivity (Wildman–Crippen MR) is 60.2 cm³/mol. The van der Waals surface area contributed by atoms with Crippen molar-refractivity contribution in [2.45, 2.75) is 13.8 Å². The first-order valence-electron chi connectivity index (χ1n) is 5.23. The summed E-state index contributed by atoms with van der Waals surface area (Å²) in [6, 6.07) is 7.98. The SMILES string of the molecule is CCOc1cccc2c1ccn2OCC. The van der Waals surface area contributed by atoms with Gasteiger partial charge < -0.3 is 9.57 Å². The van der Waals surface area contributed by atoms with Gasteiger partial charge in [-0.2, -0.15) is 4.73 Å². The highest BCUT2D eigenvalue weighted by Crippen LogP contribution is 2.25. The van der Waals surface area contributed by atoms with Crippen LogP contribution in [0.3, 0.4) is 0 Å². The van der Waals surface area contributed by atoms with Gasteiger partial charge in [-0.3, -0.25) is 0 Å². The first-order chi connectivity index (χ1) is 7.36. The van der Waals surface area contributed by atoms with Gasteiger partial charge in [0.05, 0.1) is 12.1 Å². The smallest absolute Gasteiger partial charge is 0.128 e. The Morgan fingerprint density at radius 3 is 2.73 bits per heavy atom. The summed E-state index contributed by atoms with van der Waals surface area (Å²) in [6.45, 7) is 5.29. The van der Waals surface area contributed by atoms with E-state index in [1.165, 1.54) is 0 Å². The molecule has 0 atom stereocenters. The number of rotatable bonds is 4. The van der Waals surface area contributed by atoms with Gasteiger partial charge in [-0.25, -0.2) is 0 Å². The Hall–Kier alpha value is -1.64. The fraction of sp³-hybridized carbons (Fsp3) is 0.333. The van der Waals surface area contributed by atoms with Crippen LogP contribution in [0.2, 0.25) is 0 Å². The second-order valence-corrected chi connectivity index (χ2v) is 3.18. The average molecular weight is 205 g/mol. The molecule has 1 aromatic heterocycles. The molecular formula is C12H15NO2. The standard InChI is InChI=1S/C12H15NO2/c1-3-14-12-7-5-6-11-10(12)8-9-13(11)15-4-2/h5-9H,3-4H2,1-2H3. The highest BCUT2D eigenvalue weighted by Gasteiger charge is 2.05. The zero-order valence-electron chi connectivity index (χ0n) is 9.06. The lowest BCUT2D eigenvalue weighted by Crippen LogP contribution is -2.08. The number of nitrogens with zero attached hydrogens (tertiary/aromatic N) is 1. The Bertz CT molecular complexity index is 448. The molecule has 0 unspecified atom stereocenters. The molecule has 0 saturated carbocycles. The lowest BCUT2D eigenvalue weighted by molar-refractivity contribution is 0.132. The molecule has 0 saturated heterocycles. The van der Waals surface area contributed by atoms with E-state index in [-0.39, 0.29) is 0 Å². The molecule has 80 valence electrons. The van der Waals surface area contributed by atoms with Crippen molar-refractivity contribution in [2.75, 3.05) is 13.2 Å². The van der Waals surface area contributed by atoms with Crippen molar-refractivity contribution in [3.8, 4) is 5.75 Å². The highest BCUT2D eigenvalue weighted by atomic mass is 16.7. The maximum Gasteiger partial charge on any atom is 0.128 e. The van der Waals surface area contributed by atoms with E-state index in [9.17, 15) is 0 Å². The minimum Gasteiger partial charge on any atom is -0.493 e. The third-order valence-corrected chi connectivity index (χ3v) is 2.23. The summed E-state index contributed by atoms with van der Waals surface area (Å²) in [5.41, 5.74) is 1.04. The normalized spacial score (nSPS) is 10.5. The molecule has 2 aromatic rings. The highest BCUT2D eigenvalue weighted by molar-refractivity contribution is 5.86. The van der Waals surface area contributed by atoms with Gasteiger partial charge in [0.2, 0.25) is 0 Å². The minimum atomic E-state index is 0.655. The Balaban J connectivity index is 2.48. The number of fused-ring (bicyclic) bond motifs is 1. The number of aromatic nitrogens is 1. The molecule has 2 rings (SSSR count). The maximum absolute atomic E-state index is 5.54. The lowest BCUT2D eigenvalue weighted by atomic mass is 10.2. The Morgan fingerprint density at radius 1 is 1.13 bits per heavy atom. The summed E-state index contributed by atoms with van der Waals surface area (Å²) in [7, 11) is 0. The van der Waals surface area contributed by atoms with Gasteiger partial charge in [-0.1, -0.05) is 6.07 Å². The third kappa shape index (κ3) is 1.77. The topological polar surface area (TPSA) is 23.4 Å². The first-order valence-corrected chi connectivity index (χ1v) is 5.23. The molecule has 0 bridgehead atoms. The Labute approximate surface area is 89.2 Å². The summed E-state index contributed by atoms with van der Waals surface area (Å²) in [6.07, 6.45) is 1.91. The summed E-state index contributed by atoms with van der Waals surface area (Å²) < 4.78 is 7.32. The van der Waals surface area contributed by atoms with Crippen molar-refractivity contribution in [2.24, 2.45) is 0 Å². The van der Waals surface area contributed by atoms with Gasteiger partial charge in [0.15, 0.2) is 0 Å². The summed E-state index contributed by atoms with van der Waals surface area (Å²) in [4.78, 5) is 5.45. The van der Waals surface area contributed by atoms with Crippen LogP contribution in [0.1, 0.15) is 13.8 Å². The van der Waals surface area contributed by atoms with Gasteiger partial charge in [-0.05, 0) is 32.0 Å². The van der Waals surface area contributed by atoms with Crippen LogP contribution < -0.4 is 9.57 Å². The molecule has 0 spiro atoms. The van der Waals surface area contributed by atoms with Crippen LogP contribution in [-0.4, -0.2) is 17.9 Å². The quantitative estimate of drug-likeness (QED) is 0.765. The van der Waals surface area contributed by atoms with Gasteiger partial charge in [0.1, 0.15) is 12.4 Å². The largest absolute Gasteiger partial charge is 0.493 e. The van der Waals surface area contributed by atoms with E-state index >= 15 is 0 Å². The second-order valence-electron chi connectivity index (χ2n) is 3.18. The van der Waals surface area contributed by atoms with Crippen molar-refractivity contribution in [3.05, 3.63) is 30.5 Å². The van der Waals surface area contributed by atoms with Crippen LogP contribution in [0.5, 0.6) is 5.75 Å². The zero-order chi connectivity index (χ0) is 10.7. The first kappa shape index (κ1) is 9.90. The monoisotopic (exact) mass is 205 g/mol. The molecular weight excluding hydrogens is 190 g/mol. The third-order valence-electron chi connectivity index (χ3n) is 2.23.